The summed E-state index contributed by atoms with van der Waals surface area (Å²) in [7, 11) is 0. The fourth-order valence-corrected chi connectivity index (χ4v) is 2.83. The smallest absolute Gasteiger partial charge is 0.253 e. The van der Waals surface area contributed by atoms with E-state index in [2.05, 4.69) is 10.3 Å². The number of Topliss-reactive ketones (excluding diaryl/α,β-unsaturated/α-hetero) is 1. The molecule has 0 atom stereocenters. The van der Waals surface area contributed by atoms with Gasteiger partial charge in [0.2, 0.25) is 5.91 Å². The summed E-state index contributed by atoms with van der Waals surface area (Å²) in [5.74, 6) is -1.40. The number of ketones is 1. The van der Waals surface area contributed by atoms with Crippen LogP contribution in [-0.4, -0.2) is 16.7 Å². The maximum Gasteiger partial charge on any atom is 0.253 e. The van der Waals surface area contributed by atoms with Gasteiger partial charge in [-0.05, 0) is 42.6 Å². The first-order valence-electron chi connectivity index (χ1n) is 8.61. The summed E-state index contributed by atoms with van der Waals surface area (Å²) < 4.78 is 13.6. The Balaban J connectivity index is 1.60. The highest BCUT2D eigenvalue weighted by atomic mass is 19.1. The van der Waals surface area contributed by atoms with Crippen molar-refractivity contribution in [2.24, 2.45) is 0 Å². The largest absolute Gasteiger partial charge is 0.352 e. The van der Waals surface area contributed by atoms with E-state index in [-0.39, 0.29) is 36.4 Å². The molecule has 27 heavy (non-hydrogen) atoms. The number of aryl methyl sites for hydroxylation is 1. The molecule has 0 aliphatic rings. The summed E-state index contributed by atoms with van der Waals surface area (Å²) in [6, 6.07) is 13.1. The van der Waals surface area contributed by atoms with Gasteiger partial charge >= 0.3 is 0 Å². The monoisotopic (exact) mass is 366 g/mol. The number of pyridine rings is 1. The minimum Gasteiger partial charge on any atom is -0.352 e. The number of carbonyl (C=O) groups excluding carboxylic acids is 2. The lowest BCUT2D eigenvalue weighted by molar-refractivity contribution is -0.121. The molecule has 0 aliphatic heterocycles. The third-order valence-electron chi connectivity index (χ3n) is 4.31. The van der Waals surface area contributed by atoms with Crippen LogP contribution in [0.1, 0.15) is 34.3 Å². The minimum absolute atomic E-state index is 0.0216. The van der Waals surface area contributed by atoms with Gasteiger partial charge in [0.1, 0.15) is 5.82 Å². The number of hydrogen-bond acceptors (Lipinski definition) is 3. The molecule has 2 N–H and O–H groups in total. The quantitative estimate of drug-likeness (QED) is 0.657. The number of rotatable bonds is 6. The van der Waals surface area contributed by atoms with E-state index in [1.165, 1.54) is 18.2 Å². The van der Waals surface area contributed by atoms with E-state index < -0.39 is 11.6 Å². The normalized spacial score (nSPS) is 10.7. The van der Waals surface area contributed by atoms with Crippen LogP contribution in [0.5, 0.6) is 0 Å². The maximum absolute atomic E-state index is 13.6. The molecule has 0 spiro atoms. The summed E-state index contributed by atoms with van der Waals surface area (Å²) in [5.41, 5.74) is 1.94. The van der Waals surface area contributed by atoms with Crippen LogP contribution in [0.3, 0.4) is 0 Å². The third-order valence-corrected chi connectivity index (χ3v) is 4.31. The SMILES string of the molecule is Cc1ccc2[nH]c(=O)c(CNC(=O)CCC(=O)c3ccccc3F)cc2c1. The Morgan fingerprint density at radius 1 is 1.07 bits per heavy atom. The predicted molar refractivity (Wildman–Crippen MR) is 101 cm³/mol. The Morgan fingerprint density at radius 3 is 2.63 bits per heavy atom. The van der Waals surface area contributed by atoms with Crippen molar-refractivity contribution in [2.45, 2.75) is 26.3 Å². The first-order valence-corrected chi connectivity index (χ1v) is 8.61. The van der Waals surface area contributed by atoms with E-state index in [0.29, 0.717) is 5.56 Å². The molecule has 3 aromatic rings. The van der Waals surface area contributed by atoms with Gasteiger partial charge in [-0.3, -0.25) is 14.4 Å². The standard InChI is InChI=1S/C21H19FN2O3/c1-13-6-7-18-14(10-13)11-15(21(27)24-18)12-23-20(26)9-8-19(25)16-4-2-3-5-17(16)22/h2-7,10-11H,8-9,12H2,1H3,(H,23,26)(H,24,27). The topological polar surface area (TPSA) is 79.0 Å². The van der Waals surface area contributed by atoms with Crippen LogP contribution in [0.2, 0.25) is 0 Å². The molecule has 0 fully saturated rings. The molecule has 0 radical (unpaired) electrons. The summed E-state index contributed by atoms with van der Waals surface area (Å²) in [6.45, 7) is 2.02. The zero-order valence-electron chi connectivity index (χ0n) is 14.8. The fourth-order valence-electron chi connectivity index (χ4n) is 2.83. The van der Waals surface area contributed by atoms with Gasteiger partial charge in [0.15, 0.2) is 5.78 Å². The molecule has 3 rings (SSSR count). The fraction of sp³-hybridized carbons (Fsp3) is 0.190. The molecule has 0 aliphatic carbocycles. The lowest BCUT2D eigenvalue weighted by Gasteiger charge is -2.07. The highest BCUT2D eigenvalue weighted by Gasteiger charge is 2.13. The number of carbonyl (C=O) groups is 2. The Hall–Kier alpha value is -3.28. The average molecular weight is 366 g/mol. The van der Waals surface area contributed by atoms with Gasteiger partial charge in [-0.25, -0.2) is 4.39 Å². The van der Waals surface area contributed by atoms with Crippen LogP contribution >= 0.6 is 0 Å². The predicted octanol–water partition coefficient (Wildman–Crippen LogP) is 3.25. The van der Waals surface area contributed by atoms with E-state index >= 15 is 0 Å². The van der Waals surface area contributed by atoms with Crippen molar-refractivity contribution < 1.29 is 14.0 Å². The van der Waals surface area contributed by atoms with Crippen LogP contribution in [0.15, 0.2) is 53.3 Å². The van der Waals surface area contributed by atoms with Crippen molar-refractivity contribution in [1.82, 2.24) is 10.3 Å². The van der Waals surface area contributed by atoms with Crippen molar-refractivity contribution in [3.05, 3.63) is 81.4 Å². The van der Waals surface area contributed by atoms with E-state index in [9.17, 15) is 18.8 Å². The molecule has 6 heteroatoms. The average Bonchev–Trinajstić information content (AvgIpc) is 2.65. The molecule has 0 unspecified atom stereocenters. The van der Waals surface area contributed by atoms with E-state index in [1.54, 1.807) is 12.1 Å². The van der Waals surface area contributed by atoms with Crippen molar-refractivity contribution in [1.29, 1.82) is 0 Å². The zero-order valence-corrected chi connectivity index (χ0v) is 14.8. The van der Waals surface area contributed by atoms with Gasteiger partial charge < -0.3 is 10.3 Å². The molecule has 1 heterocycles. The number of aromatic nitrogens is 1. The van der Waals surface area contributed by atoms with Crippen LogP contribution in [0.25, 0.3) is 10.9 Å². The Kier molecular flexibility index (Phi) is 5.45. The second kappa shape index (κ2) is 7.95. The number of fused-ring (bicyclic) bond motifs is 1. The molecule has 0 saturated carbocycles. The molecular weight excluding hydrogens is 347 g/mol. The number of aromatic amines is 1. The highest BCUT2D eigenvalue weighted by Crippen LogP contribution is 2.13. The number of H-pyrrole nitrogens is 1. The molecule has 1 aromatic heterocycles. The van der Waals surface area contributed by atoms with Crippen molar-refractivity contribution in [3.63, 3.8) is 0 Å². The van der Waals surface area contributed by atoms with Crippen molar-refractivity contribution >= 4 is 22.6 Å². The maximum atomic E-state index is 13.6. The Bertz CT molecular complexity index is 1070. The van der Waals surface area contributed by atoms with E-state index in [4.69, 9.17) is 0 Å². The van der Waals surface area contributed by atoms with E-state index in [0.717, 1.165) is 16.5 Å². The third kappa shape index (κ3) is 4.47. The van der Waals surface area contributed by atoms with Gasteiger partial charge in [-0.2, -0.15) is 0 Å². The van der Waals surface area contributed by atoms with E-state index in [1.807, 2.05) is 25.1 Å². The Labute approximate surface area is 155 Å². The van der Waals surface area contributed by atoms with Crippen LogP contribution in [-0.2, 0) is 11.3 Å². The zero-order chi connectivity index (χ0) is 19.4. The van der Waals surface area contributed by atoms with Gasteiger partial charge in [0, 0.05) is 30.5 Å². The molecule has 0 bridgehead atoms. The van der Waals surface area contributed by atoms with Gasteiger partial charge in [-0.1, -0.05) is 23.8 Å². The molecule has 1 amide bonds. The molecule has 5 nitrogen and oxygen atoms in total. The van der Waals surface area contributed by atoms with Gasteiger partial charge in [-0.15, -0.1) is 0 Å². The molecule has 2 aromatic carbocycles. The number of nitrogens with one attached hydrogen (secondary N) is 2. The highest BCUT2D eigenvalue weighted by molar-refractivity contribution is 5.98. The van der Waals surface area contributed by atoms with Crippen LogP contribution in [0.4, 0.5) is 4.39 Å². The number of hydrogen-bond donors (Lipinski definition) is 2. The number of amides is 1. The summed E-state index contributed by atoms with van der Waals surface area (Å²) in [4.78, 5) is 38.9. The van der Waals surface area contributed by atoms with Crippen LogP contribution < -0.4 is 10.9 Å². The summed E-state index contributed by atoms with van der Waals surface area (Å²) >= 11 is 0. The van der Waals surface area contributed by atoms with Crippen LogP contribution in [0, 0.1) is 12.7 Å². The Morgan fingerprint density at radius 2 is 1.85 bits per heavy atom. The second-order valence-electron chi connectivity index (χ2n) is 6.39. The molecular formula is C21H19FN2O3. The lowest BCUT2D eigenvalue weighted by Crippen LogP contribution is -2.27. The number of halogens is 1. The first kappa shape index (κ1) is 18.5. The second-order valence-corrected chi connectivity index (χ2v) is 6.39. The minimum atomic E-state index is -0.596. The van der Waals surface area contributed by atoms with Gasteiger partial charge in [0.25, 0.3) is 5.56 Å². The summed E-state index contributed by atoms with van der Waals surface area (Å²) in [5, 5.41) is 3.52. The molecule has 0 saturated heterocycles. The van der Waals surface area contributed by atoms with Crippen molar-refractivity contribution in [2.75, 3.05) is 0 Å². The van der Waals surface area contributed by atoms with Gasteiger partial charge in [0.05, 0.1) is 5.56 Å². The molecule has 138 valence electrons. The first-order chi connectivity index (χ1) is 12.9. The number of benzene rings is 2. The summed E-state index contributed by atoms with van der Waals surface area (Å²) in [6.07, 6.45) is -0.169. The lowest BCUT2D eigenvalue weighted by atomic mass is 10.1. The van der Waals surface area contributed by atoms with Crippen molar-refractivity contribution in [3.8, 4) is 0 Å².